The molecule has 1 aliphatic carbocycles. The van der Waals surface area contributed by atoms with Crippen molar-refractivity contribution >= 4 is 30.6 Å². The van der Waals surface area contributed by atoms with Crippen LogP contribution in [0.3, 0.4) is 0 Å². The van der Waals surface area contributed by atoms with E-state index in [4.69, 9.17) is 0 Å². The van der Waals surface area contributed by atoms with Gasteiger partial charge in [0.15, 0.2) is 5.82 Å². The number of hydrogen-bond acceptors (Lipinski definition) is 5. The first-order chi connectivity index (χ1) is 12.7. The number of carbonyl (C=O) groups excluding carboxylic acids is 2. The SMILES string of the molecule is O=C(/C=C\n1cnc(-c2cc(S)cc(C(F)(F)F)c2)n1)NNC(=O)C1CC1. The average molecular weight is 397 g/mol. The molecular formula is C16H14F3N5O2S. The molecule has 142 valence electrons. The summed E-state index contributed by atoms with van der Waals surface area (Å²) >= 11 is 3.98. The molecule has 0 spiro atoms. The van der Waals surface area contributed by atoms with Gasteiger partial charge in [0.2, 0.25) is 5.91 Å². The summed E-state index contributed by atoms with van der Waals surface area (Å²) in [5.41, 5.74) is 3.79. The van der Waals surface area contributed by atoms with Crippen molar-refractivity contribution in [1.82, 2.24) is 25.6 Å². The van der Waals surface area contributed by atoms with Gasteiger partial charge in [0.1, 0.15) is 6.33 Å². The molecule has 2 amide bonds. The van der Waals surface area contributed by atoms with Crippen LogP contribution in [0.4, 0.5) is 13.2 Å². The van der Waals surface area contributed by atoms with Crippen molar-refractivity contribution in [2.75, 3.05) is 0 Å². The maximum atomic E-state index is 12.9. The Hall–Kier alpha value is -2.82. The molecule has 1 fully saturated rings. The topological polar surface area (TPSA) is 88.9 Å². The lowest BCUT2D eigenvalue weighted by Gasteiger charge is -2.08. The van der Waals surface area contributed by atoms with Gasteiger partial charge < -0.3 is 0 Å². The molecule has 27 heavy (non-hydrogen) atoms. The first-order valence-corrected chi connectivity index (χ1v) is 8.28. The number of amides is 2. The third kappa shape index (κ3) is 5.09. The van der Waals surface area contributed by atoms with Gasteiger partial charge >= 0.3 is 6.18 Å². The second-order valence-corrected chi connectivity index (χ2v) is 6.40. The summed E-state index contributed by atoms with van der Waals surface area (Å²) in [7, 11) is 0. The lowest BCUT2D eigenvalue weighted by molar-refractivity contribution is -0.137. The molecule has 0 atom stereocenters. The van der Waals surface area contributed by atoms with Crippen LogP contribution in [0.25, 0.3) is 17.6 Å². The average Bonchev–Trinajstić information content (AvgIpc) is 3.34. The molecule has 0 bridgehead atoms. The molecule has 0 radical (unpaired) electrons. The predicted molar refractivity (Wildman–Crippen MR) is 92.1 cm³/mol. The number of alkyl halides is 3. The standard InChI is InChI=1S/C16H14F3N5O2S/c17-16(18,19)11-5-10(6-12(27)7-11)14-20-8-24(23-14)4-3-13(25)21-22-15(26)9-1-2-9/h3-9,27H,1-2H2,(H,21,25)(H,22,26)/b4-3-. The van der Waals surface area contributed by atoms with E-state index >= 15 is 0 Å². The Kier molecular flexibility index (Phi) is 5.22. The third-order valence-corrected chi connectivity index (χ3v) is 3.91. The van der Waals surface area contributed by atoms with Crippen LogP contribution in [0.1, 0.15) is 18.4 Å². The van der Waals surface area contributed by atoms with Crippen molar-refractivity contribution in [2.45, 2.75) is 23.9 Å². The second-order valence-electron chi connectivity index (χ2n) is 5.88. The highest BCUT2D eigenvalue weighted by Gasteiger charge is 2.31. The van der Waals surface area contributed by atoms with Gasteiger partial charge in [-0.05, 0) is 31.0 Å². The van der Waals surface area contributed by atoms with Crippen LogP contribution in [0.5, 0.6) is 0 Å². The van der Waals surface area contributed by atoms with E-state index in [2.05, 4.69) is 33.6 Å². The fourth-order valence-corrected chi connectivity index (χ4v) is 2.42. The van der Waals surface area contributed by atoms with Gasteiger partial charge in [-0.15, -0.1) is 17.7 Å². The minimum Gasteiger partial charge on any atom is -0.273 e. The Morgan fingerprint density at radius 2 is 1.96 bits per heavy atom. The largest absolute Gasteiger partial charge is 0.416 e. The lowest BCUT2D eigenvalue weighted by Crippen LogP contribution is -2.41. The van der Waals surface area contributed by atoms with Gasteiger partial charge in [-0.25, -0.2) is 9.67 Å². The van der Waals surface area contributed by atoms with Crippen molar-refractivity contribution < 1.29 is 22.8 Å². The van der Waals surface area contributed by atoms with E-state index in [1.165, 1.54) is 18.6 Å². The van der Waals surface area contributed by atoms with E-state index < -0.39 is 17.6 Å². The Balaban J connectivity index is 1.66. The number of carbonyl (C=O) groups is 2. The summed E-state index contributed by atoms with van der Waals surface area (Å²) < 4.78 is 39.9. The number of hydrogen-bond donors (Lipinski definition) is 3. The predicted octanol–water partition coefficient (Wildman–Crippen LogP) is 2.28. The Morgan fingerprint density at radius 1 is 1.22 bits per heavy atom. The molecule has 11 heteroatoms. The molecule has 1 heterocycles. The number of hydrazine groups is 1. The zero-order chi connectivity index (χ0) is 19.6. The molecule has 2 aromatic rings. The maximum Gasteiger partial charge on any atom is 0.416 e. The fraction of sp³-hybridized carbons (Fsp3) is 0.250. The highest BCUT2D eigenvalue weighted by molar-refractivity contribution is 7.80. The summed E-state index contributed by atoms with van der Waals surface area (Å²) in [6, 6.07) is 3.23. The monoisotopic (exact) mass is 397 g/mol. The summed E-state index contributed by atoms with van der Waals surface area (Å²) in [6.45, 7) is 0. The summed E-state index contributed by atoms with van der Waals surface area (Å²) in [5.74, 6) is -0.829. The fourth-order valence-electron chi connectivity index (χ4n) is 2.14. The van der Waals surface area contributed by atoms with Crippen LogP contribution in [0.15, 0.2) is 35.5 Å². The van der Waals surface area contributed by atoms with Gasteiger partial charge in [-0.2, -0.15) is 13.2 Å². The molecule has 0 aliphatic heterocycles. The quantitative estimate of drug-likeness (QED) is 0.420. The minimum absolute atomic E-state index is 0.0449. The smallest absolute Gasteiger partial charge is 0.273 e. The molecule has 2 N–H and O–H groups in total. The van der Waals surface area contributed by atoms with Gasteiger partial charge in [0.25, 0.3) is 5.91 Å². The Labute approximate surface area is 157 Å². The van der Waals surface area contributed by atoms with Crippen molar-refractivity contribution in [3.8, 4) is 11.4 Å². The summed E-state index contributed by atoms with van der Waals surface area (Å²) in [6.07, 6.45) is 0.692. The van der Waals surface area contributed by atoms with Gasteiger partial charge in [-0.1, -0.05) is 0 Å². The number of aromatic nitrogens is 3. The van der Waals surface area contributed by atoms with E-state index in [1.54, 1.807) is 0 Å². The normalized spacial score (nSPS) is 14.4. The number of thiol groups is 1. The van der Waals surface area contributed by atoms with Crippen molar-refractivity contribution in [3.63, 3.8) is 0 Å². The molecular weight excluding hydrogens is 383 g/mol. The van der Waals surface area contributed by atoms with Gasteiger partial charge in [0.05, 0.1) is 5.56 Å². The molecule has 1 aromatic carbocycles. The van der Waals surface area contributed by atoms with Crippen LogP contribution in [-0.2, 0) is 15.8 Å². The molecule has 7 nitrogen and oxygen atoms in total. The van der Waals surface area contributed by atoms with Gasteiger partial charge in [-0.3, -0.25) is 20.4 Å². The Bertz CT molecular complexity index is 906. The maximum absolute atomic E-state index is 12.9. The molecule has 1 saturated carbocycles. The number of rotatable bonds is 4. The third-order valence-electron chi connectivity index (χ3n) is 3.65. The van der Waals surface area contributed by atoms with Crippen molar-refractivity contribution in [3.05, 3.63) is 36.2 Å². The van der Waals surface area contributed by atoms with E-state index in [0.29, 0.717) is 0 Å². The van der Waals surface area contributed by atoms with Crippen LogP contribution < -0.4 is 10.9 Å². The summed E-state index contributed by atoms with van der Waals surface area (Å²) in [4.78, 5) is 27.1. The van der Waals surface area contributed by atoms with Crippen LogP contribution in [0.2, 0.25) is 0 Å². The van der Waals surface area contributed by atoms with Crippen molar-refractivity contribution in [1.29, 1.82) is 0 Å². The minimum atomic E-state index is -4.51. The number of nitrogens with zero attached hydrogens (tertiary/aromatic N) is 3. The molecule has 1 aliphatic rings. The van der Waals surface area contributed by atoms with Crippen LogP contribution in [0, 0.1) is 5.92 Å². The molecule has 0 saturated heterocycles. The Morgan fingerprint density at radius 3 is 2.63 bits per heavy atom. The van der Waals surface area contributed by atoms with Crippen LogP contribution in [-0.4, -0.2) is 26.6 Å². The zero-order valence-electron chi connectivity index (χ0n) is 13.7. The molecule has 1 aromatic heterocycles. The highest BCUT2D eigenvalue weighted by atomic mass is 32.1. The number of benzene rings is 1. The van der Waals surface area contributed by atoms with E-state index in [0.717, 1.165) is 35.7 Å². The second kappa shape index (κ2) is 7.43. The van der Waals surface area contributed by atoms with E-state index in [1.807, 2.05) is 0 Å². The molecule has 0 unspecified atom stereocenters. The first-order valence-electron chi connectivity index (χ1n) is 7.83. The molecule has 3 rings (SSSR count). The van der Waals surface area contributed by atoms with Crippen LogP contribution >= 0.6 is 12.6 Å². The van der Waals surface area contributed by atoms with E-state index in [-0.39, 0.29) is 28.1 Å². The van der Waals surface area contributed by atoms with Crippen molar-refractivity contribution in [2.24, 2.45) is 5.92 Å². The number of halogens is 3. The summed E-state index contributed by atoms with van der Waals surface area (Å²) in [5, 5.41) is 4.00. The highest BCUT2D eigenvalue weighted by Crippen LogP contribution is 2.33. The zero-order valence-corrected chi connectivity index (χ0v) is 14.6. The first kappa shape index (κ1) is 19.0. The van der Waals surface area contributed by atoms with Gasteiger partial charge in [0, 0.05) is 28.7 Å². The lowest BCUT2D eigenvalue weighted by atomic mass is 10.1. The number of nitrogens with one attached hydrogen (secondary N) is 2. The van der Waals surface area contributed by atoms with E-state index in [9.17, 15) is 22.8 Å².